The summed E-state index contributed by atoms with van der Waals surface area (Å²) in [6.45, 7) is 6.88. The van der Waals surface area contributed by atoms with Crippen LogP contribution in [0.5, 0.6) is 0 Å². The van der Waals surface area contributed by atoms with E-state index in [2.05, 4.69) is 16.7 Å². The van der Waals surface area contributed by atoms with Gasteiger partial charge in [0.2, 0.25) is 0 Å². The van der Waals surface area contributed by atoms with Crippen molar-refractivity contribution in [2.45, 2.75) is 13.1 Å². The molecule has 0 atom stereocenters. The number of halogens is 3. The fourth-order valence-electron chi connectivity index (χ4n) is 2.28. The van der Waals surface area contributed by atoms with Gasteiger partial charge < -0.3 is 15.1 Å². The standard InChI is InChI=1S/C14H18F3N3O/c1-2-19-7-9-20(10-8-19)12-5-3-11(4-6-12)18-13(21)14(15,16)17/h3-6H,2,7-10H2,1H3,(H,18,21). The van der Waals surface area contributed by atoms with Gasteiger partial charge in [-0.2, -0.15) is 13.2 Å². The zero-order chi connectivity index (χ0) is 15.5. The minimum Gasteiger partial charge on any atom is -0.369 e. The van der Waals surface area contributed by atoms with E-state index in [-0.39, 0.29) is 5.69 Å². The third kappa shape index (κ3) is 4.10. The number of nitrogens with zero attached hydrogens (tertiary/aromatic N) is 2. The van der Waals surface area contributed by atoms with Crippen molar-refractivity contribution in [1.82, 2.24) is 4.90 Å². The largest absolute Gasteiger partial charge is 0.471 e. The number of rotatable bonds is 3. The summed E-state index contributed by atoms with van der Waals surface area (Å²) in [6.07, 6.45) is -4.87. The van der Waals surface area contributed by atoms with Crippen molar-refractivity contribution >= 4 is 17.3 Å². The Kier molecular flexibility index (Phi) is 4.72. The molecular weight excluding hydrogens is 283 g/mol. The van der Waals surface area contributed by atoms with Crippen LogP contribution in [0, 0.1) is 0 Å². The number of alkyl halides is 3. The van der Waals surface area contributed by atoms with Gasteiger partial charge in [0, 0.05) is 37.6 Å². The molecular formula is C14H18F3N3O. The molecule has 1 amide bonds. The zero-order valence-corrected chi connectivity index (χ0v) is 11.8. The predicted octanol–water partition coefficient (Wildman–Crippen LogP) is 2.33. The molecule has 21 heavy (non-hydrogen) atoms. The van der Waals surface area contributed by atoms with E-state index in [1.807, 2.05) is 5.32 Å². The molecule has 0 saturated carbocycles. The molecule has 1 N–H and O–H groups in total. The molecule has 1 aliphatic rings. The number of carbonyl (C=O) groups excluding carboxylic acids is 1. The normalized spacial score (nSPS) is 16.9. The van der Waals surface area contributed by atoms with E-state index in [0.717, 1.165) is 38.4 Å². The number of amides is 1. The average molecular weight is 301 g/mol. The summed E-state index contributed by atoms with van der Waals surface area (Å²) in [7, 11) is 0. The first-order valence-electron chi connectivity index (χ1n) is 6.85. The second-order valence-electron chi connectivity index (χ2n) is 4.92. The van der Waals surface area contributed by atoms with Crippen molar-refractivity contribution in [2.24, 2.45) is 0 Å². The highest BCUT2D eigenvalue weighted by Gasteiger charge is 2.38. The van der Waals surface area contributed by atoms with Crippen molar-refractivity contribution < 1.29 is 18.0 Å². The summed E-state index contributed by atoms with van der Waals surface area (Å²) in [6, 6.07) is 6.44. The van der Waals surface area contributed by atoms with Gasteiger partial charge in [-0.3, -0.25) is 4.79 Å². The molecule has 0 aromatic heterocycles. The summed E-state index contributed by atoms with van der Waals surface area (Å²) in [5.41, 5.74) is 1.10. The maximum absolute atomic E-state index is 12.2. The van der Waals surface area contributed by atoms with Gasteiger partial charge in [-0.15, -0.1) is 0 Å². The summed E-state index contributed by atoms with van der Waals surface area (Å²) in [5.74, 6) is -1.95. The highest BCUT2D eigenvalue weighted by atomic mass is 19.4. The maximum Gasteiger partial charge on any atom is 0.471 e. The zero-order valence-electron chi connectivity index (χ0n) is 11.8. The van der Waals surface area contributed by atoms with Crippen LogP contribution in [-0.4, -0.2) is 49.7 Å². The number of hydrogen-bond donors (Lipinski definition) is 1. The monoisotopic (exact) mass is 301 g/mol. The highest BCUT2D eigenvalue weighted by molar-refractivity contribution is 5.95. The molecule has 2 rings (SSSR count). The van der Waals surface area contributed by atoms with Crippen molar-refractivity contribution in [3.63, 3.8) is 0 Å². The van der Waals surface area contributed by atoms with E-state index in [0.29, 0.717) is 0 Å². The fourth-order valence-corrected chi connectivity index (χ4v) is 2.28. The highest BCUT2D eigenvalue weighted by Crippen LogP contribution is 2.22. The van der Waals surface area contributed by atoms with E-state index >= 15 is 0 Å². The van der Waals surface area contributed by atoms with Crippen molar-refractivity contribution in [2.75, 3.05) is 42.9 Å². The van der Waals surface area contributed by atoms with Gasteiger partial charge in [0.25, 0.3) is 0 Å². The van der Waals surface area contributed by atoms with Crippen LogP contribution in [-0.2, 0) is 4.79 Å². The summed E-state index contributed by atoms with van der Waals surface area (Å²) < 4.78 is 36.5. The minimum atomic E-state index is -4.87. The van der Waals surface area contributed by atoms with Crippen LogP contribution in [0.15, 0.2) is 24.3 Å². The molecule has 4 nitrogen and oxygen atoms in total. The van der Waals surface area contributed by atoms with Gasteiger partial charge >= 0.3 is 12.1 Å². The number of piperazine rings is 1. The van der Waals surface area contributed by atoms with E-state index in [4.69, 9.17) is 0 Å². The Labute approximate surface area is 121 Å². The second kappa shape index (κ2) is 6.34. The molecule has 116 valence electrons. The van der Waals surface area contributed by atoms with Crippen molar-refractivity contribution in [3.8, 4) is 0 Å². The molecule has 0 aliphatic carbocycles. The predicted molar refractivity (Wildman–Crippen MR) is 75.5 cm³/mol. The van der Waals surface area contributed by atoms with Crippen LogP contribution in [0.2, 0.25) is 0 Å². The molecule has 1 aliphatic heterocycles. The van der Waals surface area contributed by atoms with Crippen molar-refractivity contribution in [1.29, 1.82) is 0 Å². The molecule has 0 spiro atoms. The summed E-state index contributed by atoms with van der Waals surface area (Å²) in [4.78, 5) is 15.4. The van der Waals surface area contributed by atoms with Crippen LogP contribution < -0.4 is 10.2 Å². The Balaban J connectivity index is 1.95. The lowest BCUT2D eigenvalue weighted by atomic mass is 10.2. The lowest BCUT2D eigenvalue weighted by Crippen LogP contribution is -2.46. The summed E-state index contributed by atoms with van der Waals surface area (Å²) in [5, 5.41) is 1.84. The minimum absolute atomic E-state index is 0.147. The van der Waals surface area contributed by atoms with E-state index in [1.54, 1.807) is 12.1 Å². The van der Waals surface area contributed by atoms with Gasteiger partial charge in [0.05, 0.1) is 0 Å². The second-order valence-corrected chi connectivity index (χ2v) is 4.92. The Hall–Kier alpha value is -1.76. The van der Waals surface area contributed by atoms with Crippen LogP contribution >= 0.6 is 0 Å². The number of carbonyl (C=O) groups is 1. The van der Waals surface area contributed by atoms with Crippen LogP contribution in [0.25, 0.3) is 0 Å². The molecule has 1 fully saturated rings. The SMILES string of the molecule is CCN1CCN(c2ccc(NC(=O)C(F)(F)F)cc2)CC1. The Bertz CT molecular complexity index is 479. The Morgan fingerprint density at radius 3 is 2.19 bits per heavy atom. The van der Waals surface area contributed by atoms with Crippen molar-refractivity contribution in [3.05, 3.63) is 24.3 Å². The van der Waals surface area contributed by atoms with Gasteiger partial charge in [0.1, 0.15) is 0 Å². The van der Waals surface area contributed by atoms with Crippen LogP contribution in [0.4, 0.5) is 24.5 Å². The lowest BCUT2D eigenvalue weighted by Gasteiger charge is -2.35. The van der Waals surface area contributed by atoms with Gasteiger partial charge in [-0.1, -0.05) is 6.92 Å². The molecule has 0 bridgehead atoms. The Morgan fingerprint density at radius 2 is 1.71 bits per heavy atom. The Morgan fingerprint density at radius 1 is 1.14 bits per heavy atom. The number of nitrogens with one attached hydrogen (secondary N) is 1. The lowest BCUT2D eigenvalue weighted by molar-refractivity contribution is -0.167. The number of anilines is 2. The fraction of sp³-hybridized carbons (Fsp3) is 0.500. The molecule has 7 heteroatoms. The molecule has 0 unspecified atom stereocenters. The van der Waals surface area contributed by atoms with Crippen LogP contribution in [0.1, 0.15) is 6.92 Å². The average Bonchev–Trinajstić information content (AvgIpc) is 2.47. The smallest absolute Gasteiger partial charge is 0.369 e. The van der Waals surface area contributed by atoms with Gasteiger partial charge in [0.15, 0.2) is 0 Å². The molecule has 1 aromatic carbocycles. The topological polar surface area (TPSA) is 35.6 Å². The number of likely N-dealkylation sites (N-methyl/N-ethyl adjacent to an activating group) is 1. The molecule has 1 heterocycles. The van der Waals surface area contributed by atoms with E-state index in [1.165, 1.54) is 12.1 Å². The van der Waals surface area contributed by atoms with E-state index < -0.39 is 12.1 Å². The van der Waals surface area contributed by atoms with Gasteiger partial charge in [-0.05, 0) is 30.8 Å². The third-order valence-corrected chi connectivity index (χ3v) is 3.57. The summed E-state index contributed by atoms with van der Waals surface area (Å²) >= 11 is 0. The number of benzene rings is 1. The molecule has 1 saturated heterocycles. The molecule has 0 radical (unpaired) electrons. The maximum atomic E-state index is 12.2. The molecule has 1 aromatic rings. The van der Waals surface area contributed by atoms with E-state index in [9.17, 15) is 18.0 Å². The first kappa shape index (κ1) is 15.6. The number of hydrogen-bond acceptors (Lipinski definition) is 3. The third-order valence-electron chi connectivity index (χ3n) is 3.57. The first-order valence-corrected chi connectivity index (χ1v) is 6.85. The first-order chi connectivity index (χ1) is 9.90. The van der Waals surface area contributed by atoms with Crippen LogP contribution in [0.3, 0.4) is 0 Å². The van der Waals surface area contributed by atoms with Gasteiger partial charge in [-0.25, -0.2) is 0 Å². The quantitative estimate of drug-likeness (QED) is 0.931.